The van der Waals surface area contributed by atoms with Gasteiger partial charge < -0.3 is 4.74 Å². The van der Waals surface area contributed by atoms with Crippen molar-refractivity contribution in [3.63, 3.8) is 0 Å². The molecule has 1 aromatic carbocycles. The molecule has 0 amide bonds. The van der Waals surface area contributed by atoms with E-state index in [0.717, 1.165) is 6.42 Å². The minimum Gasteiger partial charge on any atom is -0.493 e. The number of rotatable bonds is 3. The van der Waals surface area contributed by atoms with Gasteiger partial charge in [0.05, 0.1) is 10.2 Å². The zero-order valence-electron chi connectivity index (χ0n) is 7.11. The summed E-state index contributed by atoms with van der Waals surface area (Å²) in [5.74, 6) is -0.907. The van der Waals surface area contributed by atoms with Gasteiger partial charge in [-0.3, -0.25) is 0 Å². The van der Waals surface area contributed by atoms with Crippen molar-refractivity contribution < 1.29 is 13.5 Å². The summed E-state index contributed by atoms with van der Waals surface area (Å²) in [6.07, 6.45) is 0.815. The highest BCUT2D eigenvalue weighted by atomic mass is 127. The van der Waals surface area contributed by atoms with Gasteiger partial charge in [0.1, 0.15) is 17.4 Å². The first-order valence-corrected chi connectivity index (χ1v) is 5.00. The second-order valence-corrected chi connectivity index (χ2v) is 3.63. The topological polar surface area (TPSA) is 9.23 Å². The van der Waals surface area contributed by atoms with Gasteiger partial charge in [0, 0.05) is 12.1 Å². The van der Waals surface area contributed by atoms with Crippen LogP contribution < -0.4 is 4.74 Å². The van der Waals surface area contributed by atoms with Gasteiger partial charge in [-0.05, 0) is 29.0 Å². The Balaban J connectivity index is 2.86. The predicted molar refractivity (Wildman–Crippen MR) is 54.9 cm³/mol. The summed E-state index contributed by atoms with van der Waals surface area (Å²) in [7, 11) is 0. The Morgan fingerprint density at radius 2 is 1.85 bits per heavy atom. The molecule has 1 aromatic rings. The van der Waals surface area contributed by atoms with Crippen molar-refractivity contribution >= 4 is 22.6 Å². The molecule has 0 aromatic heterocycles. The normalized spacial score (nSPS) is 10.2. The van der Waals surface area contributed by atoms with Crippen LogP contribution in [0.15, 0.2) is 12.1 Å². The van der Waals surface area contributed by atoms with Gasteiger partial charge in [-0.2, -0.15) is 0 Å². The van der Waals surface area contributed by atoms with Crippen molar-refractivity contribution in [2.45, 2.75) is 13.3 Å². The first-order chi connectivity index (χ1) is 6.15. The van der Waals surface area contributed by atoms with Gasteiger partial charge in [0.25, 0.3) is 0 Å². The molecule has 0 spiro atoms. The van der Waals surface area contributed by atoms with Crippen LogP contribution in [0.25, 0.3) is 0 Å². The van der Waals surface area contributed by atoms with E-state index in [2.05, 4.69) is 0 Å². The summed E-state index contributed by atoms with van der Waals surface area (Å²) < 4.78 is 31.0. The smallest absolute Gasteiger partial charge is 0.143 e. The molecule has 1 rings (SSSR count). The Labute approximate surface area is 89.2 Å². The van der Waals surface area contributed by atoms with Gasteiger partial charge in [-0.25, -0.2) is 8.78 Å². The average molecular weight is 298 g/mol. The summed E-state index contributed by atoms with van der Waals surface area (Å²) in [6, 6.07) is 2.39. The SMILES string of the molecule is CCCOc1cc(F)c(I)c(F)c1. The zero-order chi connectivity index (χ0) is 9.84. The van der Waals surface area contributed by atoms with Crippen LogP contribution >= 0.6 is 22.6 Å². The molecule has 72 valence electrons. The highest BCUT2D eigenvalue weighted by molar-refractivity contribution is 14.1. The number of hydrogen-bond acceptors (Lipinski definition) is 1. The van der Waals surface area contributed by atoms with Gasteiger partial charge in [0.2, 0.25) is 0 Å². The first-order valence-electron chi connectivity index (χ1n) is 3.92. The van der Waals surface area contributed by atoms with Crippen LogP contribution in [0, 0.1) is 15.2 Å². The minimum absolute atomic E-state index is 0.00134. The Bertz CT molecular complexity index is 279. The number of hydrogen-bond donors (Lipinski definition) is 0. The summed E-state index contributed by atoms with van der Waals surface area (Å²) in [5.41, 5.74) is 0. The van der Waals surface area contributed by atoms with E-state index >= 15 is 0 Å². The monoisotopic (exact) mass is 298 g/mol. The number of benzene rings is 1. The molecule has 13 heavy (non-hydrogen) atoms. The fraction of sp³-hybridized carbons (Fsp3) is 0.333. The highest BCUT2D eigenvalue weighted by Crippen LogP contribution is 2.21. The van der Waals surface area contributed by atoms with Crippen molar-refractivity contribution in [2.24, 2.45) is 0 Å². The Morgan fingerprint density at radius 3 is 2.31 bits per heavy atom. The third kappa shape index (κ3) is 2.79. The molecule has 0 radical (unpaired) electrons. The lowest BCUT2D eigenvalue weighted by molar-refractivity contribution is 0.313. The maximum Gasteiger partial charge on any atom is 0.143 e. The van der Waals surface area contributed by atoms with E-state index in [4.69, 9.17) is 4.74 Å². The van der Waals surface area contributed by atoms with Crippen LogP contribution in [0.3, 0.4) is 0 Å². The lowest BCUT2D eigenvalue weighted by Gasteiger charge is -2.05. The molecule has 0 bridgehead atoms. The molecule has 0 aliphatic heterocycles. The van der Waals surface area contributed by atoms with Crippen molar-refractivity contribution in [1.29, 1.82) is 0 Å². The minimum atomic E-state index is -0.577. The van der Waals surface area contributed by atoms with Gasteiger partial charge in [-0.15, -0.1) is 0 Å². The summed E-state index contributed by atoms with van der Waals surface area (Å²) in [5, 5.41) is 0. The third-order valence-electron chi connectivity index (χ3n) is 1.43. The van der Waals surface area contributed by atoms with E-state index in [-0.39, 0.29) is 9.32 Å². The van der Waals surface area contributed by atoms with E-state index < -0.39 is 11.6 Å². The largest absolute Gasteiger partial charge is 0.493 e. The molecule has 0 atom stereocenters. The van der Waals surface area contributed by atoms with E-state index in [0.29, 0.717) is 6.61 Å². The number of halogens is 3. The molecule has 0 saturated heterocycles. The van der Waals surface area contributed by atoms with Crippen molar-refractivity contribution in [3.8, 4) is 5.75 Å². The summed E-state index contributed by atoms with van der Waals surface area (Å²) in [4.78, 5) is 0. The number of ether oxygens (including phenoxy) is 1. The molecule has 0 N–H and O–H groups in total. The van der Waals surface area contributed by atoms with Gasteiger partial charge >= 0.3 is 0 Å². The summed E-state index contributed by atoms with van der Waals surface area (Å²) in [6.45, 7) is 2.40. The molecule has 4 heteroatoms. The van der Waals surface area contributed by atoms with Gasteiger partial charge in [-0.1, -0.05) is 6.92 Å². The fourth-order valence-corrected chi connectivity index (χ4v) is 1.15. The summed E-state index contributed by atoms with van der Waals surface area (Å²) >= 11 is 1.62. The van der Waals surface area contributed by atoms with Crippen LogP contribution in [0.1, 0.15) is 13.3 Å². The Kier molecular flexibility index (Phi) is 3.90. The molecule has 1 nitrogen and oxygen atoms in total. The van der Waals surface area contributed by atoms with Crippen LogP contribution in [0.2, 0.25) is 0 Å². The van der Waals surface area contributed by atoms with Crippen molar-refractivity contribution in [3.05, 3.63) is 27.3 Å². The maximum absolute atomic E-state index is 12.9. The molecule has 0 unspecified atom stereocenters. The van der Waals surface area contributed by atoms with E-state index in [9.17, 15) is 8.78 Å². The molecule has 0 fully saturated rings. The van der Waals surface area contributed by atoms with Crippen LogP contribution in [-0.2, 0) is 0 Å². The lowest BCUT2D eigenvalue weighted by atomic mass is 10.3. The fourth-order valence-electron chi connectivity index (χ4n) is 0.836. The second kappa shape index (κ2) is 4.74. The predicted octanol–water partition coefficient (Wildman–Crippen LogP) is 3.36. The van der Waals surface area contributed by atoms with E-state index in [1.54, 1.807) is 22.6 Å². The zero-order valence-corrected chi connectivity index (χ0v) is 9.27. The lowest BCUT2D eigenvalue weighted by Crippen LogP contribution is -1.97. The van der Waals surface area contributed by atoms with Crippen molar-refractivity contribution in [1.82, 2.24) is 0 Å². The first kappa shape index (κ1) is 10.7. The van der Waals surface area contributed by atoms with E-state index in [1.807, 2.05) is 6.92 Å². The molecular formula is C9H9F2IO. The third-order valence-corrected chi connectivity index (χ3v) is 2.46. The molecule has 0 aliphatic carbocycles. The second-order valence-electron chi connectivity index (χ2n) is 2.55. The van der Waals surface area contributed by atoms with Crippen LogP contribution in [-0.4, -0.2) is 6.61 Å². The van der Waals surface area contributed by atoms with Crippen molar-refractivity contribution in [2.75, 3.05) is 6.61 Å². The average Bonchev–Trinajstić information content (AvgIpc) is 2.10. The van der Waals surface area contributed by atoms with Gasteiger partial charge in [0.15, 0.2) is 0 Å². The standard InChI is InChI=1S/C9H9F2IO/c1-2-3-13-6-4-7(10)9(12)8(11)5-6/h4-5H,2-3H2,1H3. The highest BCUT2D eigenvalue weighted by Gasteiger charge is 2.08. The van der Waals surface area contributed by atoms with E-state index in [1.165, 1.54) is 12.1 Å². The van der Waals surface area contributed by atoms with Crippen LogP contribution in [0.4, 0.5) is 8.78 Å². The van der Waals surface area contributed by atoms with Crippen LogP contribution in [0.5, 0.6) is 5.75 Å². The molecule has 0 aliphatic rings. The quantitative estimate of drug-likeness (QED) is 0.614. The maximum atomic E-state index is 12.9. The molecule has 0 saturated carbocycles. The molecule has 0 heterocycles. The Hall–Kier alpha value is -0.390. The molecular weight excluding hydrogens is 289 g/mol. The Morgan fingerprint density at radius 1 is 1.31 bits per heavy atom.